The first-order chi connectivity index (χ1) is 19.1. The second-order valence-electron chi connectivity index (χ2n) is 11.6. The highest BCUT2D eigenvalue weighted by molar-refractivity contribution is 5.94. The van der Waals surface area contributed by atoms with Crippen LogP contribution in [0.15, 0.2) is 78.9 Å². The van der Waals surface area contributed by atoms with Gasteiger partial charge in [-0.3, -0.25) is 4.90 Å². The van der Waals surface area contributed by atoms with Gasteiger partial charge >= 0.3 is 6.09 Å². The van der Waals surface area contributed by atoms with Gasteiger partial charge in [0.25, 0.3) is 0 Å². The zero-order valence-electron chi connectivity index (χ0n) is 21.8. The number of fused-ring (bicyclic) bond motifs is 5. The fraction of sp³-hybridized carbons (Fsp3) is 0.324. The summed E-state index contributed by atoms with van der Waals surface area (Å²) in [6.45, 7) is 1.11. The molecular formula is C34H31NO4. The molecule has 2 fully saturated rings. The van der Waals surface area contributed by atoms with Crippen LogP contribution in [0, 0.1) is 0 Å². The van der Waals surface area contributed by atoms with Crippen LogP contribution in [-0.2, 0) is 27.9 Å². The molecule has 2 bridgehead atoms. The molecule has 8 rings (SSSR count). The molecule has 39 heavy (non-hydrogen) atoms. The van der Waals surface area contributed by atoms with Gasteiger partial charge < -0.3 is 14.6 Å². The molecule has 0 spiro atoms. The van der Waals surface area contributed by atoms with Gasteiger partial charge in [-0.15, -0.1) is 0 Å². The van der Waals surface area contributed by atoms with Crippen molar-refractivity contribution >= 4 is 16.9 Å². The number of hydrogen-bond acceptors (Lipinski definition) is 4. The predicted octanol–water partition coefficient (Wildman–Crippen LogP) is 5.94. The van der Waals surface area contributed by atoms with Gasteiger partial charge in [0, 0.05) is 18.8 Å². The highest BCUT2D eigenvalue weighted by Crippen LogP contribution is 2.47. The van der Waals surface area contributed by atoms with Gasteiger partial charge in [-0.1, -0.05) is 78.9 Å². The number of rotatable bonds is 3. The van der Waals surface area contributed by atoms with Crippen LogP contribution >= 0.6 is 0 Å². The van der Waals surface area contributed by atoms with Crippen LogP contribution in [0.1, 0.15) is 46.6 Å². The monoisotopic (exact) mass is 517 g/mol. The number of nitrogens with zero attached hydrogens (tertiary/aromatic N) is 1. The van der Waals surface area contributed by atoms with E-state index in [9.17, 15) is 9.90 Å². The minimum atomic E-state index is -1.01. The van der Waals surface area contributed by atoms with Gasteiger partial charge in [-0.2, -0.15) is 0 Å². The van der Waals surface area contributed by atoms with E-state index in [1.165, 1.54) is 38.8 Å². The Morgan fingerprint density at radius 2 is 1.49 bits per heavy atom. The third-order valence-corrected chi connectivity index (χ3v) is 9.48. The number of carbonyl (C=O) groups excluding carboxylic acids is 1. The number of benzene rings is 4. The zero-order valence-corrected chi connectivity index (χ0v) is 21.8. The Hall–Kier alpha value is -3.67. The average Bonchev–Trinajstić information content (AvgIpc) is 3.52. The number of aryl methyl sites for hydroxylation is 2. The molecule has 0 saturated carbocycles. The van der Waals surface area contributed by atoms with Gasteiger partial charge in [0.15, 0.2) is 0 Å². The third-order valence-electron chi connectivity index (χ3n) is 9.48. The van der Waals surface area contributed by atoms with Crippen molar-refractivity contribution in [2.75, 3.05) is 19.8 Å². The molecule has 4 aromatic carbocycles. The Kier molecular flexibility index (Phi) is 5.16. The standard InChI is InChI=1S/C34H31NO4/c36-33(39-20-30-27-9-3-1-7-25(27)26-8-2-4-10-28(26)30)35-23-16-34(37,17-24(35)19-38-18-23)31-15-14-22-13-12-21-6-5-11-29(31)32(21)22/h1-11,14-15,23-24,30,37H,12-13,16-20H2. The van der Waals surface area contributed by atoms with Crippen molar-refractivity contribution in [3.63, 3.8) is 0 Å². The van der Waals surface area contributed by atoms with Crippen molar-refractivity contribution in [1.82, 2.24) is 4.90 Å². The number of aliphatic hydroxyl groups is 1. The number of carbonyl (C=O) groups is 1. The lowest BCUT2D eigenvalue weighted by atomic mass is 9.75. The number of hydrogen-bond donors (Lipinski definition) is 1. The Morgan fingerprint density at radius 1 is 0.846 bits per heavy atom. The molecular weight excluding hydrogens is 486 g/mol. The van der Waals surface area contributed by atoms with Crippen molar-refractivity contribution in [3.05, 3.63) is 107 Å². The van der Waals surface area contributed by atoms with Crippen LogP contribution in [0.3, 0.4) is 0 Å². The summed E-state index contributed by atoms with van der Waals surface area (Å²) in [5.41, 5.74) is 7.54. The lowest BCUT2D eigenvalue weighted by Crippen LogP contribution is -2.62. The molecule has 0 radical (unpaired) electrons. The van der Waals surface area contributed by atoms with Gasteiger partial charge in [0.05, 0.1) is 30.9 Å². The fourth-order valence-corrected chi connectivity index (χ4v) is 7.82. The highest BCUT2D eigenvalue weighted by atomic mass is 16.6. The first-order valence-electron chi connectivity index (χ1n) is 14.1. The van der Waals surface area contributed by atoms with E-state index in [-0.39, 0.29) is 24.1 Å². The largest absolute Gasteiger partial charge is 0.448 e. The normalized spacial score (nSPS) is 25.0. The van der Waals surface area contributed by atoms with Crippen LogP contribution < -0.4 is 0 Å². The molecule has 2 unspecified atom stereocenters. The molecule has 4 aromatic rings. The molecule has 2 aliphatic heterocycles. The molecule has 2 saturated heterocycles. The minimum absolute atomic E-state index is 0.0210. The minimum Gasteiger partial charge on any atom is -0.448 e. The SMILES string of the molecule is O=C(OCC1c2ccccc2-c2ccccc21)N1C2COCC1CC(O)(c1ccc3c4c(cccc14)CC3)C2. The van der Waals surface area contributed by atoms with Gasteiger partial charge in [0.2, 0.25) is 0 Å². The highest BCUT2D eigenvalue weighted by Gasteiger charge is 2.50. The van der Waals surface area contributed by atoms with Gasteiger partial charge in [0.1, 0.15) is 6.61 Å². The number of amides is 1. The Bertz CT molecular complexity index is 1560. The van der Waals surface area contributed by atoms with E-state index in [2.05, 4.69) is 66.7 Å². The van der Waals surface area contributed by atoms with Crippen LogP contribution in [0.5, 0.6) is 0 Å². The Balaban J connectivity index is 1.06. The molecule has 5 nitrogen and oxygen atoms in total. The van der Waals surface area contributed by atoms with Crippen LogP contribution in [0.25, 0.3) is 21.9 Å². The quantitative estimate of drug-likeness (QED) is 0.366. The van der Waals surface area contributed by atoms with E-state index in [1.54, 1.807) is 0 Å². The molecule has 1 amide bonds. The summed E-state index contributed by atoms with van der Waals surface area (Å²) >= 11 is 0. The maximum atomic E-state index is 13.6. The van der Waals surface area contributed by atoms with Crippen molar-refractivity contribution in [1.29, 1.82) is 0 Å². The van der Waals surface area contributed by atoms with E-state index in [0.717, 1.165) is 23.8 Å². The Labute approximate surface area is 228 Å². The van der Waals surface area contributed by atoms with E-state index in [1.807, 2.05) is 17.0 Å². The maximum Gasteiger partial charge on any atom is 0.410 e. The Morgan fingerprint density at radius 3 is 2.18 bits per heavy atom. The maximum absolute atomic E-state index is 13.6. The van der Waals surface area contributed by atoms with E-state index in [4.69, 9.17) is 9.47 Å². The van der Waals surface area contributed by atoms with Crippen LogP contribution in [0.4, 0.5) is 4.79 Å². The first kappa shape index (κ1) is 23.2. The topological polar surface area (TPSA) is 59.0 Å². The molecule has 2 atom stereocenters. The summed E-state index contributed by atoms with van der Waals surface area (Å²) in [5, 5.41) is 14.6. The summed E-state index contributed by atoms with van der Waals surface area (Å²) in [5.74, 6) is 0.0210. The van der Waals surface area contributed by atoms with Crippen molar-refractivity contribution in [2.45, 2.75) is 49.3 Å². The lowest BCUT2D eigenvalue weighted by Gasteiger charge is -2.51. The molecule has 5 heteroatoms. The predicted molar refractivity (Wildman–Crippen MR) is 150 cm³/mol. The molecule has 4 aliphatic rings. The van der Waals surface area contributed by atoms with Gasteiger partial charge in [-0.25, -0.2) is 4.79 Å². The van der Waals surface area contributed by atoms with Gasteiger partial charge in [-0.05, 0) is 62.6 Å². The van der Waals surface area contributed by atoms with E-state index >= 15 is 0 Å². The summed E-state index contributed by atoms with van der Waals surface area (Å²) in [7, 11) is 0. The average molecular weight is 518 g/mol. The first-order valence-corrected chi connectivity index (χ1v) is 14.1. The summed E-state index contributed by atoms with van der Waals surface area (Å²) < 4.78 is 11.9. The summed E-state index contributed by atoms with van der Waals surface area (Å²) in [4.78, 5) is 15.5. The second-order valence-corrected chi connectivity index (χ2v) is 11.6. The molecule has 1 N–H and O–H groups in total. The smallest absolute Gasteiger partial charge is 0.410 e. The number of ether oxygens (including phenoxy) is 2. The fourth-order valence-electron chi connectivity index (χ4n) is 7.82. The molecule has 196 valence electrons. The summed E-state index contributed by atoms with van der Waals surface area (Å²) in [6, 6.07) is 27.1. The molecule has 0 aromatic heterocycles. The van der Waals surface area contributed by atoms with Crippen LogP contribution in [-0.4, -0.2) is 48.0 Å². The van der Waals surface area contributed by atoms with Crippen molar-refractivity contribution in [3.8, 4) is 11.1 Å². The molecule has 2 heterocycles. The van der Waals surface area contributed by atoms with Crippen molar-refractivity contribution < 1.29 is 19.4 Å². The van der Waals surface area contributed by atoms with Crippen LogP contribution in [0.2, 0.25) is 0 Å². The third kappa shape index (κ3) is 3.49. The zero-order chi connectivity index (χ0) is 26.1. The summed E-state index contributed by atoms with van der Waals surface area (Å²) in [6.07, 6.45) is 2.68. The molecule has 2 aliphatic carbocycles. The number of piperidine rings is 1. The van der Waals surface area contributed by atoms with E-state index < -0.39 is 5.60 Å². The number of morpholine rings is 1. The van der Waals surface area contributed by atoms with Crippen molar-refractivity contribution in [2.24, 2.45) is 0 Å². The lowest BCUT2D eigenvalue weighted by molar-refractivity contribution is -0.136. The van der Waals surface area contributed by atoms with E-state index in [0.29, 0.717) is 32.7 Å². The second kappa shape index (κ2) is 8.67.